The molecule has 0 aromatic rings. The van der Waals surface area contributed by atoms with Crippen LogP contribution < -0.4 is 0 Å². The smallest absolute Gasteiger partial charge is 0.466 e. The van der Waals surface area contributed by atoms with Crippen molar-refractivity contribution in [1.82, 2.24) is 0 Å². The van der Waals surface area contributed by atoms with E-state index in [4.69, 9.17) is 0 Å². The van der Waals surface area contributed by atoms with Gasteiger partial charge in [-0.05, 0) is 0 Å². The topological polar surface area (TPSA) is 61.8 Å². The van der Waals surface area contributed by atoms with E-state index in [0.29, 0.717) is 0 Å². The highest BCUT2D eigenvalue weighted by atomic mass is 16.7. The summed E-state index contributed by atoms with van der Waals surface area (Å²) in [5.74, 6) is 1.65. The fourth-order valence-corrected chi connectivity index (χ4v) is 0.299. The molecule has 5 nitrogen and oxygen atoms in total. The van der Waals surface area contributed by atoms with Crippen molar-refractivity contribution in [2.75, 3.05) is 13.7 Å². The Balaban J connectivity index is 3.55. The molecule has 0 N–H and O–H groups in total. The van der Waals surface area contributed by atoms with E-state index in [1.54, 1.807) is 0 Å². The van der Waals surface area contributed by atoms with E-state index in [1.165, 1.54) is 14.0 Å². The maximum atomic E-state index is 10.5. The molecule has 0 aromatic carbocycles. The van der Waals surface area contributed by atoms with Gasteiger partial charge in [0.2, 0.25) is 0 Å². The van der Waals surface area contributed by atoms with E-state index in [2.05, 4.69) is 20.1 Å². The minimum absolute atomic E-state index is 0.472. The molecule has 0 saturated heterocycles. The summed E-state index contributed by atoms with van der Waals surface area (Å²) in [5, 5.41) is 0. The number of carbonyl (C=O) groups excluding carboxylic acids is 2. The number of methoxy groups -OCH3 is 1. The SMILES string of the molecule is CC#COC(=O)OCC(=O)OC. The second-order valence-corrected chi connectivity index (χ2v) is 1.57. The molecule has 0 heterocycles. The molecule has 0 unspecified atom stereocenters. The number of hydrogen-bond acceptors (Lipinski definition) is 5. The zero-order valence-electron chi connectivity index (χ0n) is 6.75. The summed E-state index contributed by atoms with van der Waals surface area (Å²) in [7, 11) is 1.18. The van der Waals surface area contributed by atoms with Gasteiger partial charge >= 0.3 is 12.1 Å². The van der Waals surface area contributed by atoms with Gasteiger partial charge in [0, 0.05) is 6.92 Å². The molecule has 0 bridgehead atoms. The van der Waals surface area contributed by atoms with Crippen LogP contribution >= 0.6 is 0 Å². The van der Waals surface area contributed by atoms with E-state index in [1.807, 2.05) is 6.11 Å². The molecule has 0 radical (unpaired) electrons. The second kappa shape index (κ2) is 6.04. The summed E-state index contributed by atoms with van der Waals surface area (Å²) < 4.78 is 12.6. The van der Waals surface area contributed by atoms with Gasteiger partial charge in [-0.15, -0.1) is 0 Å². The Morgan fingerprint density at radius 1 is 1.42 bits per heavy atom. The Morgan fingerprint density at radius 3 is 2.58 bits per heavy atom. The third kappa shape index (κ3) is 5.11. The Bertz CT molecular complexity index is 222. The number of ether oxygens (including phenoxy) is 3. The average Bonchev–Trinajstić information content (AvgIpc) is 2.10. The average molecular weight is 172 g/mol. The largest absolute Gasteiger partial charge is 0.523 e. The van der Waals surface area contributed by atoms with Crippen molar-refractivity contribution < 1.29 is 23.8 Å². The molecule has 0 aromatic heterocycles. The standard InChI is InChI=1S/C7H8O5/c1-3-4-11-7(9)12-5-6(8)10-2/h5H2,1-2H3. The molecule has 0 amide bonds. The highest BCUT2D eigenvalue weighted by molar-refractivity contribution is 5.73. The third-order valence-electron chi connectivity index (χ3n) is 0.772. The molecule has 0 fully saturated rings. The highest BCUT2D eigenvalue weighted by Gasteiger charge is 2.06. The van der Waals surface area contributed by atoms with Gasteiger partial charge in [-0.1, -0.05) is 5.92 Å². The molecule has 66 valence electrons. The van der Waals surface area contributed by atoms with Crippen molar-refractivity contribution in [3.8, 4) is 12.0 Å². The highest BCUT2D eigenvalue weighted by Crippen LogP contribution is 1.84. The Kier molecular flexibility index (Phi) is 5.18. The van der Waals surface area contributed by atoms with Gasteiger partial charge in [-0.25, -0.2) is 9.59 Å². The molecule has 5 heteroatoms. The van der Waals surface area contributed by atoms with Crippen molar-refractivity contribution in [1.29, 1.82) is 0 Å². The Morgan fingerprint density at radius 2 is 2.08 bits per heavy atom. The van der Waals surface area contributed by atoms with Crippen LogP contribution in [0.3, 0.4) is 0 Å². The van der Waals surface area contributed by atoms with Gasteiger partial charge < -0.3 is 14.2 Å². The first-order chi connectivity index (χ1) is 5.70. The molecular formula is C7H8O5. The van der Waals surface area contributed by atoms with Gasteiger partial charge in [0.1, 0.15) is 6.11 Å². The summed E-state index contributed by atoms with van der Waals surface area (Å²) in [6.07, 6.45) is 0.994. The lowest BCUT2D eigenvalue weighted by Gasteiger charge is -1.98. The van der Waals surface area contributed by atoms with Gasteiger partial charge in [0.15, 0.2) is 6.61 Å². The zero-order chi connectivity index (χ0) is 9.40. The second-order valence-electron chi connectivity index (χ2n) is 1.57. The van der Waals surface area contributed by atoms with Crippen molar-refractivity contribution >= 4 is 12.1 Å². The van der Waals surface area contributed by atoms with Crippen LogP contribution in [0, 0.1) is 12.0 Å². The molecule has 0 spiro atoms. The van der Waals surface area contributed by atoms with Crippen molar-refractivity contribution in [2.24, 2.45) is 0 Å². The van der Waals surface area contributed by atoms with E-state index in [9.17, 15) is 9.59 Å². The van der Waals surface area contributed by atoms with Crippen LogP contribution in [0.5, 0.6) is 0 Å². The van der Waals surface area contributed by atoms with E-state index < -0.39 is 18.7 Å². The van der Waals surface area contributed by atoms with E-state index in [-0.39, 0.29) is 0 Å². The zero-order valence-corrected chi connectivity index (χ0v) is 6.75. The summed E-state index contributed by atoms with van der Waals surface area (Å²) in [6, 6.07) is 0. The van der Waals surface area contributed by atoms with Crippen LogP contribution in [0.15, 0.2) is 0 Å². The van der Waals surface area contributed by atoms with Crippen LogP contribution in [-0.2, 0) is 19.0 Å². The Hall–Kier alpha value is -1.70. The van der Waals surface area contributed by atoms with Crippen LogP contribution in [0.25, 0.3) is 0 Å². The third-order valence-corrected chi connectivity index (χ3v) is 0.772. The molecule has 0 aliphatic heterocycles. The molecule has 0 saturated carbocycles. The maximum absolute atomic E-state index is 10.5. The predicted molar refractivity (Wildman–Crippen MR) is 37.9 cm³/mol. The minimum Gasteiger partial charge on any atom is -0.466 e. The van der Waals surface area contributed by atoms with Crippen LogP contribution in [0.1, 0.15) is 6.92 Å². The van der Waals surface area contributed by atoms with Crippen LogP contribution in [0.2, 0.25) is 0 Å². The fraction of sp³-hybridized carbons (Fsp3) is 0.429. The summed E-state index contributed by atoms with van der Waals surface area (Å²) in [6.45, 7) is 1.02. The van der Waals surface area contributed by atoms with Crippen LogP contribution in [0.4, 0.5) is 4.79 Å². The summed E-state index contributed by atoms with van der Waals surface area (Å²) in [5.41, 5.74) is 0. The monoisotopic (exact) mass is 172 g/mol. The normalized spacial score (nSPS) is 7.50. The molecule has 0 rings (SSSR count). The molecular weight excluding hydrogens is 164 g/mol. The lowest BCUT2D eigenvalue weighted by atomic mass is 10.7. The summed E-state index contributed by atoms with van der Waals surface area (Å²) in [4.78, 5) is 20.9. The minimum atomic E-state index is -1.02. The quantitative estimate of drug-likeness (QED) is 0.442. The number of hydrogen-bond donors (Lipinski definition) is 0. The van der Waals surface area contributed by atoms with Crippen molar-refractivity contribution in [2.45, 2.75) is 6.92 Å². The van der Waals surface area contributed by atoms with Crippen molar-refractivity contribution in [3.05, 3.63) is 0 Å². The first kappa shape index (κ1) is 10.3. The van der Waals surface area contributed by atoms with Crippen molar-refractivity contribution in [3.63, 3.8) is 0 Å². The first-order valence-corrected chi connectivity index (χ1v) is 3.03. The molecule has 12 heavy (non-hydrogen) atoms. The predicted octanol–water partition coefficient (Wildman–Crippen LogP) is 0.293. The first-order valence-electron chi connectivity index (χ1n) is 3.03. The van der Waals surface area contributed by atoms with Gasteiger partial charge in [-0.3, -0.25) is 0 Å². The summed E-state index contributed by atoms with van der Waals surface area (Å²) >= 11 is 0. The molecule has 0 aliphatic rings. The van der Waals surface area contributed by atoms with Gasteiger partial charge in [0.05, 0.1) is 7.11 Å². The molecule has 0 atom stereocenters. The Labute approximate surface area is 69.6 Å². The van der Waals surface area contributed by atoms with E-state index >= 15 is 0 Å². The van der Waals surface area contributed by atoms with E-state index in [0.717, 1.165) is 0 Å². The molecule has 0 aliphatic carbocycles. The lowest BCUT2D eigenvalue weighted by Crippen LogP contribution is -2.14. The number of esters is 1. The van der Waals surface area contributed by atoms with Gasteiger partial charge in [-0.2, -0.15) is 0 Å². The number of rotatable bonds is 2. The maximum Gasteiger partial charge on any atom is 0.523 e. The number of carbonyl (C=O) groups is 2. The lowest BCUT2D eigenvalue weighted by molar-refractivity contribution is -0.144. The van der Waals surface area contributed by atoms with Gasteiger partial charge in [0.25, 0.3) is 0 Å². The fourth-order valence-electron chi connectivity index (χ4n) is 0.299. The van der Waals surface area contributed by atoms with Crippen LogP contribution in [-0.4, -0.2) is 25.8 Å².